The van der Waals surface area contributed by atoms with Crippen LogP contribution in [0.5, 0.6) is 0 Å². The quantitative estimate of drug-likeness (QED) is 0.652. The maximum Gasteiger partial charge on any atom is 0.251 e. The maximum atomic E-state index is 12.4. The number of rotatable bonds is 3. The molecule has 2 atom stereocenters. The Kier molecular flexibility index (Phi) is 5.13. The predicted octanol–water partition coefficient (Wildman–Crippen LogP) is 5.32. The van der Waals surface area contributed by atoms with Gasteiger partial charge in [0.1, 0.15) is 0 Å². The molecule has 0 amide bonds. The Bertz CT molecular complexity index is 1200. The van der Waals surface area contributed by atoms with Crippen LogP contribution in [-0.4, -0.2) is 9.97 Å². The van der Waals surface area contributed by atoms with E-state index in [1.165, 1.54) is 0 Å². The summed E-state index contributed by atoms with van der Waals surface area (Å²) >= 11 is 0. The van der Waals surface area contributed by atoms with Crippen LogP contribution >= 0.6 is 0 Å². The third-order valence-corrected chi connectivity index (χ3v) is 6.48. The Hall–Kier alpha value is -3.45. The molecular weight excluding hydrogens is 370 g/mol. The number of benzene rings is 1. The lowest BCUT2D eigenvalue weighted by atomic mass is 9.62. The van der Waals surface area contributed by atoms with Crippen LogP contribution in [-0.2, 0) is 6.42 Å². The summed E-state index contributed by atoms with van der Waals surface area (Å²) in [5.74, 6) is 0.552. The van der Waals surface area contributed by atoms with Gasteiger partial charge in [0.2, 0.25) is 0 Å². The van der Waals surface area contributed by atoms with Crippen LogP contribution in [0.15, 0.2) is 65.7 Å². The van der Waals surface area contributed by atoms with Crippen molar-refractivity contribution in [2.24, 2.45) is 11.3 Å². The van der Waals surface area contributed by atoms with E-state index in [2.05, 4.69) is 42.9 Å². The van der Waals surface area contributed by atoms with Gasteiger partial charge in [0.05, 0.1) is 17.3 Å². The summed E-state index contributed by atoms with van der Waals surface area (Å²) in [5.41, 5.74) is 5.37. The second-order valence-corrected chi connectivity index (χ2v) is 8.71. The fourth-order valence-electron chi connectivity index (χ4n) is 4.36. The molecule has 1 aliphatic carbocycles. The number of H-pyrrole nitrogens is 1. The van der Waals surface area contributed by atoms with Crippen molar-refractivity contribution in [2.45, 2.75) is 33.1 Å². The Balaban J connectivity index is 1.65. The second-order valence-electron chi connectivity index (χ2n) is 8.71. The van der Waals surface area contributed by atoms with Crippen molar-refractivity contribution in [2.75, 3.05) is 0 Å². The van der Waals surface area contributed by atoms with E-state index in [0.29, 0.717) is 11.5 Å². The SMILES string of the molecule is C[C@H]1C(/C=C/c2ccc(-c3ccccc3C#N)cn2)c2cc[nH]c(=O)c2CC1(C)C. The molecule has 150 valence electrons. The highest BCUT2D eigenvalue weighted by atomic mass is 16.1. The Morgan fingerprint density at radius 3 is 2.73 bits per heavy atom. The van der Waals surface area contributed by atoms with Gasteiger partial charge >= 0.3 is 0 Å². The summed E-state index contributed by atoms with van der Waals surface area (Å²) < 4.78 is 0. The summed E-state index contributed by atoms with van der Waals surface area (Å²) in [6.07, 6.45) is 8.55. The molecule has 2 heterocycles. The molecule has 4 rings (SSSR count). The number of nitrogens with zero attached hydrogens (tertiary/aromatic N) is 2. The van der Waals surface area contributed by atoms with E-state index < -0.39 is 0 Å². The third-order valence-electron chi connectivity index (χ3n) is 6.48. The second kappa shape index (κ2) is 7.76. The number of hydrogen-bond donors (Lipinski definition) is 1. The normalized spacial score (nSPS) is 19.9. The van der Waals surface area contributed by atoms with E-state index >= 15 is 0 Å². The average molecular weight is 396 g/mol. The van der Waals surface area contributed by atoms with Gasteiger partial charge in [-0.1, -0.05) is 51.1 Å². The van der Waals surface area contributed by atoms with Gasteiger partial charge < -0.3 is 4.98 Å². The Morgan fingerprint density at radius 2 is 2.00 bits per heavy atom. The van der Waals surface area contributed by atoms with Crippen molar-refractivity contribution in [3.05, 3.63) is 93.7 Å². The zero-order chi connectivity index (χ0) is 21.3. The Labute approximate surface area is 176 Å². The lowest BCUT2D eigenvalue weighted by Gasteiger charge is -2.42. The van der Waals surface area contributed by atoms with Crippen molar-refractivity contribution < 1.29 is 0 Å². The minimum absolute atomic E-state index is 0.0181. The van der Waals surface area contributed by atoms with Crippen LogP contribution < -0.4 is 5.56 Å². The summed E-state index contributed by atoms with van der Waals surface area (Å²) in [7, 11) is 0. The molecule has 0 aliphatic heterocycles. The minimum atomic E-state index is 0.0181. The smallest absolute Gasteiger partial charge is 0.251 e. The van der Waals surface area contributed by atoms with E-state index in [1.807, 2.05) is 54.7 Å². The molecule has 4 nitrogen and oxygen atoms in total. The largest absolute Gasteiger partial charge is 0.329 e. The molecule has 0 bridgehead atoms. The lowest BCUT2D eigenvalue weighted by molar-refractivity contribution is 0.193. The van der Waals surface area contributed by atoms with Crippen LogP contribution in [0.25, 0.3) is 17.2 Å². The number of pyridine rings is 2. The monoisotopic (exact) mass is 395 g/mol. The topological polar surface area (TPSA) is 69.5 Å². The molecular formula is C26H25N3O. The molecule has 30 heavy (non-hydrogen) atoms. The molecule has 1 aromatic carbocycles. The van der Waals surface area contributed by atoms with Crippen LogP contribution in [0.4, 0.5) is 0 Å². The molecule has 1 aliphatic rings. The molecule has 0 fully saturated rings. The van der Waals surface area contributed by atoms with Crippen molar-refractivity contribution in [1.82, 2.24) is 9.97 Å². The highest BCUT2D eigenvalue weighted by Crippen LogP contribution is 2.46. The number of aromatic nitrogens is 2. The van der Waals surface area contributed by atoms with E-state index in [4.69, 9.17) is 0 Å². The highest BCUT2D eigenvalue weighted by molar-refractivity contribution is 5.70. The minimum Gasteiger partial charge on any atom is -0.329 e. The fraction of sp³-hybridized carbons (Fsp3) is 0.269. The maximum absolute atomic E-state index is 12.4. The van der Waals surface area contributed by atoms with Gasteiger partial charge in [-0.2, -0.15) is 5.26 Å². The van der Waals surface area contributed by atoms with Gasteiger partial charge in [-0.15, -0.1) is 0 Å². The average Bonchev–Trinajstić information content (AvgIpc) is 2.75. The molecule has 0 spiro atoms. The number of hydrogen-bond acceptors (Lipinski definition) is 3. The first kappa shape index (κ1) is 19.8. The van der Waals surface area contributed by atoms with Gasteiger partial charge in [0.15, 0.2) is 0 Å². The molecule has 0 saturated carbocycles. The first-order valence-electron chi connectivity index (χ1n) is 10.2. The van der Waals surface area contributed by atoms with Crippen molar-refractivity contribution in [3.8, 4) is 17.2 Å². The summed E-state index contributed by atoms with van der Waals surface area (Å²) in [5, 5.41) is 9.32. The first-order valence-corrected chi connectivity index (χ1v) is 10.2. The molecule has 3 aromatic rings. The number of nitriles is 1. The van der Waals surface area contributed by atoms with Crippen molar-refractivity contribution >= 4 is 6.08 Å². The molecule has 1 unspecified atom stereocenters. The van der Waals surface area contributed by atoms with Gasteiger partial charge in [-0.25, -0.2) is 0 Å². The van der Waals surface area contributed by atoms with Crippen LogP contribution in [0.2, 0.25) is 0 Å². The number of nitrogens with one attached hydrogen (secondary N) is 1. The number of aromatic amines is 1. The van der Waals surface area contributed by atoms with E-state index in [9.17, 15) is 10.1 Å². The standard InChI is InChI=1S/C26H25N3O/c1-17-21(23-12-13-28-25(30)24(23)14-26(17,2)3)11-10-20-9-8-19(16-29-20)22-7-5-4-6-18(22)15-27/h4-13,16-17,21H,14H2,1-3H3,(H,28,30)/b11-10+/t17-,21?/m0/s1. The zero-order valence-corrected chi connectivity index (χ0v) is 17.5. The third kappa shape index (κ3) is 3.59. The fourth-order valence-corrected chi connectivity index (χ4v) is 4.36. The van der Waals surface area contributed by atoms with Gasteiger partial charge in [-0.3, -0.25) is 9.78 Å². The molecule has 0 radical (unpaired) electrons. The van der Waals surface area contributed by atoms with Crippen LogP contribution in [0, 0.1) is 22.7 Å². The number of allylic oxidation sites excluding steroid dienone is 1. The molecule has 4 heteroatoms. The summed E-state index contributed by atoms with van der Waals surface area (Å²) in [6, 6.07) is 15.8. The summed E-state index contributed by atoms with van der Waals surface area (Å²) in [6.45, 7) is 6.72. The van der Waals surface area contributed by atoms with E-state index in [1.54, 1.807) is 6.20 Å². The predicted molar refractivity (Wildman–Crippen MR) is 120 cm³/mol. The molecule has 0 saturated heterocycles. The van der Waals surface area contributed by atoms with E-state index in [0.717, 1.165) is 34.4 Å². The van der Waals surface area contributed by atoms with Gasteiger partial charge in [0, 0.05) is 35.0 Å². The van der Waals surface area contributed by atoms with Crippen molar-refractivity contribution in [3.63, 3.8) is 0 Å². The van der Waals surface area contributed by atoms with Crippen LogP contribution in [0.3, 0.4) is 0 Å². The van der Waals surface area contributed by atoms with Gasteiger partial charge in [0.25, 0.3) is 5.56 Å². The molecule has 1 N–H and O–H groups in total. The first-order chi connectivity index (χ1) is 14.4. The van der Waals surface area contributed by atoms with Crippen molar-refractivity contribution in [1.29, 1.82) is 5.26 Å². The number of fused-ring (bicyclic) bond motifs is 1. The highest BCUT2D eigenvalue weighted by Gasteiger charge is 2.38. The summed E-state index contributed by atoms with van der Waals surface area (Å²) in [4.78, 5) is 19.8. The van der Waals surface area contributed by atoms with E-state index in [-0.39, 0.29) is 16.9 Å². The van der Waals surface area contributed by atoms with Crippen LogP contribution in [0.1, 0.15) is 49.1 Å². The zero-order valence-electron chi connectivity index (χ0n) is 17.5. The Morgan fingerprint density at radius 1 is 1.20 bits per heavy atom. The lowest BCUT2D eigenvalue weighted by Crippen LogP contribution is -2.37. The molecule has 2 aromatic heterocycles. The van der Waals surface area contributed by atoms with Gasteiger partial charge in [-0.05, 0) is 47.6 Å².